The van der Waals surface area contributed by atoms with Gasteiger partial charge in [0.15, 0.2) is 0 Å². The molecule has 27 heavy (non-hydrogen) atoms. The monoisotopic (exact) mass is 377 g/mol. The number of halogens is 1. The Kier molecular flexibility index (Phi) is 5.39. The predicted octanol–water partition coefficient (Wildman–Crippen LogP) is 3.96. The molecule has 150 valence electrons. The molecule has 4 unspecified atom stereocenters. The van der Waals surface area contributed by atoms with Crippen LogP contribution in [0.3, 0.4) is 0 Å². The fraction of sp³-hybridized carbons (Fsp3) is 0.682. The highest BCUT2D eigenvalue weighted by Crippen LogP contribution is 2.54. The summed E-state index contributed by atoms with van der Waals surface area (Å²) in [5.41, 5.74) is -1.25. The lowest BCUT2D eigenvalue weighted by Crippen LogP contribution is -2.47. The maximum Gasteiger partial charge on any atom is 0.316 e. The van der Waals surface area contributed by atoms with E-state index in [0.29, 0.717) is 23.8 Å². The molecule has 2 bridgehead atoms. The summed E-state index contributed by atoms with van der Waals surface area (Å²) in [6.07, 6.45) is 4.02. The number of esters is 1. The van der Waals surface area contributed by atoms with Gasteiger partial charge in [-0.2, -0.15) is 0 Å². The zero-order chi connectivity index (χ0) is 20.0. The zero-order valence-corrected chi connectivity index (χ0v) is 17.1. The molecule has 2 saturated carbocycles. The van der Waals surface area contributed by atoms with E-state index in [-0.39, 0.29) is 11.7 Å². The van der Waals surface area contributed by atoms with Crippen LogP contribution < -0.4 is 4.74 Å². The second-order valence-corrected chi connectivity index (χ2v) is 9.75. The smallest absolute Gasteiger partial charge is 0.316 e. The molecule has 0 heterocycles. The van der Waals surface area contributed by atoms with Gasteiger partial charge in [0, 0.05) is 18.5 Å². The number of carbonyl (C=O) groups excluding carboxylic acids is 1. The van der Waals surface area contributed by atoms with Gasteiger partial charge in [0.05, 0.1) is 11.0 Å². The summed E-state index contributed by atoms with van der Waals surface area (Å²) < 4.78 is 19.8. The van der Waals surface area contributed by atoms with Crippen molar-refractivity contribution in [2.75, 3.05) is 20.6 Å². The molecule has 4 atom stereocenters. The first-order chi connectivity index (χ1) is 12.5. The van der Waals surface area contributed by atoms with Crippen LogP contribution in [0, 0.1) is 29.0 Å². The van der Waals surface area contributed by atoms with Gasteiger partial charge in [0.25, 0.3) is 0 Å². The molecule has 0 spiro atoms. The van der Waals surface area contributed by atoms with E-state index in [2.05, 4.69) is 4.90 Å². The molecule has 3 rings (SSSR count). The first-order valence-corrected chi connectivity index (χ1v) is 9.89. The SMILES string of the molecule is CN(C)CC1C2CCC(C2)CC1(O)c1cc(F)cc(OC(=O)C(C)(C)C)c1. The van der Waals surface area contributed by atoms with Crippen molar-refractivity contribution in [3.63, 3.8) is 0 Å². The number of rotatable bonds is 4. The number of benzene rings is 1. The molecule has 0 saturated heterocycles. The average molecular weight is 378 g/mol. The third-order valence-corrected chi connectivity index (χ3v) is 6.12. The summed E-state index contributed by atoms with van der Waals surface area (Å²) in [5, 5.41) is 11.7. The molecule has 2 fully saturated rings. The van der Waals surface area contributed by atoms with E-state index < -0.39 is 22.8 Å². The maximum absolute atomic E-state index is 14.4. The number of hydrogen-bond donors (Lipinski definition) is 1. The van der Waals surface area contributed by atoms with Gasteiger partial charge in [0.2, 0.25) is 0 Å². The fourth-order valence-corrected chi connectivity index (χ4v) is 4.80. The Morgan fingerprint density at radius 2 is 2.00 bits per heavy atom. The van der Waals surface area contributed by atoms with Crippen molar-refractivity contribution in [2.45, 2.75) is 52.1 Å². The largest absolute Gasteiger partial charge is 0.426 e. The Hall–Kier alpha value is -1.46. The molecule has 1 aromatic carbocycles. The molecular weight excluding hydrogens is 345 g/mol. The molecule has 1 aromatic rings. The van der Waals surface area contributed by atoms with E-state index in [4.69, 9.17) is 4.74 Å². The van der Waals surface area contributed by atoms with Crippen molar-refractivity contribution >= 4 is 5.97 Å². The third-order valence-electron chi connectivity index (χ3n) is 6.12. The minimum absolute atomic E-state index is 0.0409. The van der Waals surface area contributed by atoms with Crippen LogP contribution in [0.5, 0.6) is 5.75 Å². The topological polar surface area (TPSA) is 49.8 Å². The molecular formula is C22H32FNO3. The Labute approximate surface area is 161 Å². The molecule has 1 N–H and O–H groups in total. The molecule has 0 aromatic heterocycles. The highest BCUT2D eigenvalue weighted by Gasteiger charge is 2.51. The van der Waals surface area contributed by atoms with Crippen molar-refractivity contribution in [2.24, 2.45) is 23.2 Å². The number of fused-ring (bicyclic) bond motifs is 2. The van der Waals surface area contributed by atoms with E-state index >= 15 is 0 Å². The molecule has 2 aliphatic carbocycles. The Morgan fingerprint density at radius 3 is 2.63 bits per heavy atom. The highest BCUT2D eigenvalue weighted by atomic mass is 19.1. The Bertz CT molecular complexity index is 712. The lowest BCUT2D eigenvalue weighted by molar-refractivity contribution is -0.143. The van der Waals surface area contributed by atoms with Crippen molar-refractivity contribution in [3.05, 3.63) is 29.6 Å². The summed E-state index contributed by atoms with van der Waals surface area (Å²) >= 11 is 0. The molecule has 5 heteroatoms. The quantitative estimate of drug-likeness (QED) is 0.637. The summed E-state index contributed by atoms with van der Waals surface area (Å²) in [7, 11) is 4.01. The van der Waals surface area contributed by atoms with Gasteiger partial charge in [-0.3, -0.25) is 4.79 Å². The van der Waals surface area contributed by atoms with Gasteiger partial charge < -0.3 is 14.7 Å². The third kappa shape index (κ3) is 4.19. The number of hydrogen-bond acceptors (Lipinski definition) is 4. The first-order valence-electron chi connectivity index (χ1n) is 9.89. The number of carbonyl (C=O) groups is 1. The van der Waals surface area contributed by atoms with Crippen molar-refractivity contribution in [1.29, 1.82) is 0 Å². The standard InChI is InChI=1S/C22H32FNO3/c1-21(2,3)20(25)27-18-10-16(9-17(23)11-18)22(26)12-14-6-7-15(8-14)19(22)13-24(4)5/h9-11,14-15,19,26H,6-8,12-13H2,1-5H3. The molecule has 0 amide bonds. The van der Waals surface area contributed by atoms with E-state index in [1.165, 1.54) is 12.1 Å². The second kappa shape index (κ2) is 7.17. The van der Waals surface area contributed by atoms with Crippen LogP contribution in [-0.2, 0) is 10.4 Å². The fourth-order valence-electron chi connectivity index (χ4n) is 4.80. The summed E-state index contributed by atoms with van der Waals surface area (Å²) in [6, 6.07) is 4.27. The van der Waals surface area contributed by atoms with Crippen LogP contribution in [-0.4, -0.2) is 36.6 Å². The summed E-state index contributed by atoms with van der Waals surface area (Å²) in [4.78, 5) is 14.3. The highest BCUT2D eigenvalue weighted by molar-refractivity contribution is 5.77. The van der Waals surface area contributed by atoms with Gasteiger partial charge in [-0.25, -0.2) is 4.39 Å². The Balaban J connectivity index is 1.96. The van der Waals surface area contributed by atoms with Crippen molar-refractivity contribution in [1.82, 2.24) is 4.90 Å². The first kappa shape index (κ1) is 20.3. The number of ether oxygens (including phenoxy) is 1. The van der Waals surface area contributed by atoms with Gasteiger partial charge in [0.1, 0.15) is 11.6 Å². The van der Waals surface area contributed by atoms with Crippen molar-refractivity contribution < 1.29 is 19.0 Å². The van der Waals surface area contributed by atoms with E-state index in [1.807, 2.05) is 14.1 Å². The minimum atomic E-state index is -1.10. The van der Waals surface area contributed by atoms with Gasteiger partial charge in [-0.15, -0.1) is 0 Å². The van der Waals surface area contributed by atoms with Crippen LogP contribution in [0.15, 0.2) is 18.2 Å². The van der Waals surface area contributed by atoms with E-state index in [0.717, 1.165) is 25.8 Å². The summed E-state index contributed by atoms with van der Waals surface area (Å²) in [6.45, 7) is 6.03. The average Bonchev–Trinajstić information content (AvgIpc) is 2.93. The minimum Gasteiger partial charge on any atom is -0.426 e. The summed E-state index contributed by atoms with van der Waals surface area (Å²) in [5.74, 6) is 0.222. The van der Waals surface area contributed by atoms with E-state index in [1.54, 1.807) is 26.8 Å². The van der Waals surface area contributed by atoms with E-state index in [9.17, 15) is 14.3 Å². The lowest BCUT2D eigenvalue weighted by atomic mass is 9.66. The van der Waals surface area contributed by atoms with Gasteiger partial charge in [-0.05, 0) is 83.7 Å². The Morgan fingerprint density at radius 1 is 1.30 bits per heavy atom. The van der Waals surface area contributed by atoms with Crippen LogP contribution in [0.1, 0.15) is 52.0 Å². The van der Waals surface area contributed by atoms with Gasteiger partial charge >= 0.3 is 5.97 Å². The van der Waals surface area contributed by atoms with Crippen LogP contribution >= 0.6 is 0 Å². The lowest BCUT2D eigenvalue weighted by Gasteiger charge is -2.45. The van der Waals surface area contributed by atoms with Gasteiger partial charge in [-0.1, -0.05) is 6.42 Å². The maximum atomic E-state index is 14.4. The molecule has 0 aliphatic heterocycles. The van der Waals surface area contributed by atoms with Crippen LogP contribution in [0.4, 0.5) is 4.39 Å². The van der Waals surface area contributed by atoms with Crippen molar-refractivity contribution in [3.8, 4) is 5.75 Å². The molecule has 4 nitrogen and oxygen atoms in total. The predicted molar refractivity (Wildman–Crippen MR) is 103 cm³/mol. The number of aliphatic hydroxyl groups is 1. The molecule has 0 radical (unpaired) electrons. The normalized spacial score (nSPS) is 30.6. The van der Waals surface area contributed by atoms with Crippen LogP contribution in [0.25, 0.3) is 0 Å². The number of nitrogens with zero attached hydrogens (tertiary/aromatic N) is 1. The molecule has 2 aliphatic rings. The second-order valence-electron chi connectivity index (χ2n) is 9.75. The zero-order valence-electron chi connectivity index (χ0n) is 17.1. The van der Waals surface area contributed by atoms with Crippen LogP contribution in [0.2, 0.25) is 0 Å².